The third-order valence-electron chi connectivity index (χ3n) is 2.01. The van der Waals surface area contributed by atoms with E-state index >= 15 is 0 Å². The first kappa shape index (κ1) is 14.1. The standard InChI is InChI=1S/C12H18NO3P/c1-4-15-17(14,16-5-2)13-10-12-8-6-11(3)7-9-12/h6-10H,4-5H2,1-3H3/b13-10+. The van der Waals surface area contributed by atoms with Crippen LogP contribution in [0.25, 0.3) is 0 Å². The van der Waals surface area contributed by atoms with Crippen molar-refractivity contribution in [1.29, 1.82) is 0 Å². The van der Waals surface area contributed by atoms with Gasteiger partial charge in [-0.05, 0) is 26.3 Å². The molecule has 5 heteroatoms. The van der Waals surface area contributed by atoms with E-state index in [1.54, 1.807) is 13.8 Å². The van der Waals surface area contributed by atoms with Gasteiger partial charge >= 0.3 is 7.75 Å². The van der Waals surface area contributed by atoms with Crippen molar-refractivity contribution in [2.45, 2.75) is 20.8 Å². The lowest BCUT2D eigenvalue weighted by molar-refractivity contribution is 0.221. The topological polar surface area (TPSA) is 47.9 Å². The fourth-order valence-corrected chi connectivity index (χ4v) is 2.36. The first-order valence-electron chi connectivity index (χ1n) is 5.61. The van der Waals surface area contributed by atoms with Crippen molar-refractivity contribution < 1.29 is 13.6 Å². The van der Waals surface area contributed by atoms with Gasteiger partial charge in [-0.3, -0.25) is 9.05 Å². The Bertz CT molecular complexity index is 404. The summed E-state index contributed by atoms with van der Waals surface area (Å²) in [4.78, 5) is 0. The van der Waals surface area contributed by atoms with Crippen LogP contribution < -0.4 is 0 Å². The van der Waals surface area contributed by atoms with Crippen LogP contribution in [0.1, 0.15) is 25.0 Å². The fraction of sp³-hybridized carbons (Fsp3) is 0.417. The highest BCUT2D eigenvalue weighted by Gasteiger charge is 2.20. The molecule has 0 bridgehead atoms. The molecular formula is C12H18NO3P. The van der Waals surface area contributed by atoms with E-state index in [0.29, 0.717) is 13.2 Å². The molecule has 0 spiro atoms. The van der Waals surface area contributed by atoms with Gasteiger partial charge in [0.15, 0.2) is 0 Å². The molecule has 1 aromatic rings. The van der Waals surface area contributed by atoms with Crippen LogP contribution >= 0.6 is 7.75 Å². The van der Waals surface area contributed by atoms with E-state index in [2.05, 4.69) is 4.76 Å². The highest BCUT2D eigenvalue weighted by Crippen LogP contribution is 2.49. The third-order valence-corrected chi connectivity index (χ3v) is 3.58. The van der Waals surface area contributed by atoms with Gasteiger partial charge in [-0.1, -0.05) is 29.8 Å². The smallest absolute Gasteiger partial charge is 0.291 e. The first-order chi connectivity index (χ1) is 8.09. The quantitative estimate of drug-likeness (QED) is 0.576. The molecule has 0 aliphatic heterocycles. The SMILES string of the molecule is CCOP(=O)(/N=C/c1ccc(C)cc1)OCC. The second-order valence-corrected chi connectivity index (χ2v) is 5.14. The molecule has 0 aliphatic rings. The Balaban J connectivity index is 2.79. The predicted octanol–water partition coefficient (Wildman–Crippen LogP) is 3.60. The zero-order valence-corrected chi connectivity index (χ0v) is 11.3. The number of hydrogen-bond donors (Lipinski definition) is 0. The van der Waals surface area contributed by atoms with E-state index in [1.807, 2.05) is 31.2 Å². The zero-order valence-electron chi connectivity index (χ0n) is 10.4. The Hall–Kier alpha value is -0.960. The van der Waals surface area contributed by atoms with E-state index in [-0.39, 0.29) is 0 Å². The Morgan fingerprint density at radius 3 is 2.18 bits per heavy atom. The second kappa shape index (κ2) is 6.70. The predicted molar refractivity (Wildman–Crippen MR) is 69.6 cm³/mol. The third kappa shape index (κ3) is 4.82. The average Bonchev–Trinajstić information content (AvgIpc) is 2.29. The minimum absolute atomic E-state index is 0.308. The molecule has 0 fully saturated rings. The van der Waals surface area contributed by atoms with E-state index < -0.39 is 7.75 Å². The van der Waals surface area contributed by atoms with E-state index in [4.69, 9.17) is 9.05 Å². The van der Waals surface area contributed by atoms with Crippen LogP contribution in [0.15, 0.2) is 29.0 Å². The van der Waals surface area contributed by atoms with Gasteiger partial charge in [0.1, 0.15) is 0 Å². The van der Waals surface area contributed by atoms with Crippen molar-refractivity contribution in [2.24, 2.45) is 4.76 Å². The molecule has 0 unspecified atom stereocenters. The summed E-state index contributed by atoms with van der Waals surface area (Å²) < 4.78 is 26.0. The van der Waals surface area contributed by atoms with Gasteiger partial charge in [0.2, 0.25) is 0 Å². The molecule has 0 aromatic heterocycles. The molecule has 0 heterocycles. The number of benzene rings is 1. The van der Waals surface area contributed by atoms with Crippen molar-refractivity contribution in [3.63, 3.8) is 0 Å². The lowest BCUT2D eigenvalue weighted by atomic mass is 10.2. The number of hydrogen-bond acceptors (Lipinski definition) is 3. The van der Waals surface area contributed by atoms with Crippen molar-refractivity contribution in [1.82, 2.24) is 0 Å². The van der Waals surface area contributed by atoms with Gasteiger partial charge in [-0.15, -0.1) is 0 Å². The summed E-state index contributed by atoms with van der Waals surface area (Å²) in [6.07, 6.45) is 1.52. The molecule has 4 nitrogen and oxygen atoms in total. The van der Waals surface area contributed by atoms with Crippen molar-refractivity contribution >= 4 is 14.0 Å². The van der Waals surface area contributed by atoms with Gasteiger partial charge in [-0.25, -0.2) is 4.57 Å². The molecule has 0 N–H and O–H groups in total. The van der Waals surface area contributed by atoms with Gasteiger partial charge in [0, 0.05) is 6.21 Å². The summed E-state index contributed by atoms with van der Waals surface area (Å²) in [6, 6.07) is 7.74. The monoisotopic (exact) mass is 255 g/mol. The normalized spacial score (nSPS) is 12.2. The van der Waals surface area contributed by atoms with Crippen LogP contribution in [-0.4, -0.2) is 19.4 Å². The molecule has 0 saturated carbocycles. The molecule has 0 amide bonds. The summed E-state index contributed by atoms with van der Waals surface area (Å²) in [5.41, 5.74) is 2.04. The van der Waals surface area contributed by atoms with Crippen LogP contribution in [0.4, 0.5) is 0 Å². The maximum absolute atomic E-state index is 12.0. The Kier molecular flexibility index (Phi) is 5.56. The van der Waals surface area contributed by atoms with Gasteiger partial charge in [-0.2, -0.15) is 4.76 Å². The maximum Gasteiger partial charge on any atom is 0.453 e. The van der Waals surface area contributed by atoms with Crippen LogP contribution in [-0.2, 0) is 13.6 Å². The second-order valence-electron chi connectivity index (χ2n) is 3.46. The van der Waals surface area contributed by atoms with Gasteiger partial charge in [0.05, 0.1) is 13.2 Å². The lowest BCUT2D eigenvalue weighted by Gasteiger charge is -2.10. The van der Waals surface area contributed by atoms with Crippen LogP contribution in [0.2, 0.25) is 0 Å². The van der Waals surface area contributed by atoms with E-state index in [1.165, 1.54) is 11.8 Å². The molecular weight excluding hydrogens is 237 g/mol. The summed E-state index contributed by atoms with van der Waals surface area (Å²) >= 11 is 0. The van der Waals surface area contributed by atoms with Crippen LogP contribution in [0.3, 0.4) is 0 Å². The summed E-state index contributed by atoms with van der Waals surface area (Å²) in [7, 11) is -3.33. The molecule has 0 saturated heterocycles. The van der Waals surface area contributed by atoms with E-state index in [9.17, 15) is 4.57 Å². The Labute approximate surface area is 102 Å². The molecule has 17 heavy (non-hydrogen) atoms. The summed E-state index contributed by atoms with van der Waals surface area (Å²) in [6.45, 7) is 6.14. The Morgan fingerprint density at radius 2 is 1.71 bits per heavy atom. The molecule has 0 radical (unpaired) electrons. The number of rotatable bonds is 6. The molecule has 1 rings (SSSR count). The summed E-state index contributed by atoms with van der Waals surface area (Å²) in [5, 5.41) is 0. The Morgan fingerprint density at radius 1 is 1.18 bits per heavy atom. The lowest BCUT2D eigenvalue weighted by Crippen LogP contribution is -1.94. The largest absolute Gasteiger partial charge is 0.453 e. The molecule has 1 aromatic carbocycles. The van der Waals surface area contributed by atoms with Gasteiger partial charge < -0.3 is 0 Å². The van der Waals surface area contributed by atoms with Crippen molar-refractivity contribution in [3.8, 4) is 0 Å². The first-order valence-corrected chi connectivity index (χ1v) is 7.10. The van der Waals surface area contributed by atoms with Crippen molar-refractivity contribution in [2.75, 3.05) is 13.2 Å². The number of nitrogens with zero attached hydrogens (tertiary/aromatic N) is 1. The van der Waals surface area contributed by atoms with Crippen LogP contribution in [0, 0.1) is 6.92 Å². The molecule has 0 aliphatic carbocycles. The fourth-order valence-electron chi connectivity index (χ4n) is 1.22. The molecule has 94 valence electrons. The van der Waals surface area contributed by atoms with Crippen molar-refractivity contribution in [3.05, 3.63) is 35.4 Å². The maximum atomic E-state index is 12.0. The van der Waals surface area contributed by atoms with Gasteiger partial charge in [0.25, 0.3) is 0 Å². The zero-order chi connectivity index (χ0) is 12.7. The minimum atomic E-state index is -3.33. The molecule has 0 atom stereocenters. The number of aryl methyl sites for hydroxylation is 1. The van der Waals surface area contributed by atoms with E-state index in [0.717, 1.165) is 5.56 Å². The average molecular weight is 255 g/mol. The highest BCUT2D eigenvalue weighted by molar-refractivity contribution is 7.52. The van der Waals surface area contributed by atoms with Crippen LogP contribution in [0.5, 0.6) is 0 Å². The minimum Gasteiger partial charge on any atom is -0.291 e. The highest BCUT2D eigenvalue weighted by atomic mass is 31.2. The summed E-state index contributed by atoms with van der Waals surface area (Å²) in [5.74, 6) is 0.